The van der Waals surface area contributed by atoms with Crippen LogP contribution in [0, 0.1) is 5.92 Å². The first kappa shape index (κ1) is 17.9. The van der Waals surface area contributed by atoms with E-state index in [1.165, 1.54) is 19.4 Å². The summed E-state index contributed by atoms with van der Waals surface area (Å²) in [7, 11) is 0. The van der Waals surface area contributed by atoms with Crippen molar-refractivity contribution < 1.29 is 9.59 Å². The van der Waals surface area contributed by atoms with Crippen molar-refractivity contribution in [2.75, 3.05) is 37.6 Å². The summed E-state index contributed by atoms with van der Waals surface area (Å²) in [6, 6.07) is 7.42. The van der Waals surface area contributed by atoms with Crippen LogP contribution in [0.3, 0.4) is 0 Å². The van der Waals surface area contributed by atoms with Gasteiger partial charge in [0.1, 0.15) is 0 Å². The molecule has 3 rings (SSSR count). The fourth-order valence-corrected chi connectivity index (χ4v) is 3.82. The van der Waals surface area contributed by atoms with Crippen LogP contribution in [0.15, 0.2) is 24.3 Å². The summed E-state index contributed by atoms with van der Waals surface area (Å²) in [6.45, 7) is 7.04. The second-order valence-electron chi connectivity index (χ2n) is 7.16. The van der Waals surface area contributed by atoms with Gasteiger partial charge in [-0.2, -0.15) is 0 Å². The average molecular weight is 343 g/mol. The van der Waals surface area contributed by atoms with Crippen LogP contribution in [0.2, 0.25) is 0 Å². The molecule has 1 N–H and O–H groups in total. The number of nitrogens with one attached hydrogen (secondary N) is 1. The topological polar surface area (TPSA) is 52.7 Å². The second-order valence-corrected chi connectivity index (χ2v) is 7.16. The number of carbonyl (C=O) groups excluding carboxylic acids is 2. The van der Waals surface area contributed by atoms with Gasteiger partial charge in [-0.1, -0.05) is 6.92 Å². The molecule has 2 saturated heterocycles. The summed E-state index contributed by atoms with van der Waals surface area (Å²) in [6.07, 6.45) is 5.05. The van der Waals surface area contributed by atoms with Crippen LogP contribution < -0.4 is 10.2 Å². The lowest BCUT2D eigenvalue weighted by Gasteiger charge is -2.31. The van der Waals surface area contributed by atoms with E-state index in [9.17, 15) is 9.59 Å². The molecular weight excluding hydrogens is 314 g/mol. The Bertz CT molecular complexity index is 599. The number of hydrogen-bond donors (Lipinski definition) is 1. The number of piperidine rings is 2. The quantitative estimate of drug-likeness (QED) is 0.894. The van der Waals surface area contributed by atoms with Gasteiger partial charge in [0.2, 0.25) is 5.91 Å². The Morgan fingerprint density at radius 1 is 1.16 bits per heavy atom. The number of amides is 2. The van der Waals surface area contributed by atoms with E-state index >= 15 is 0 Å². The molecule has 0 aliphatic carbocycles. The van der Waals surface area contributed by atoms with Gasteiger partial charge >= 0.3 is 0 Å². The minimum absolute atomic E-state index is 0.0230. The van der Waals surface area contributed by atoms with Gasteiger partial charge in [-0.25, -0.2) is 0 Å². The monoisotopic (exact) mass is 343 g/mol. The van der Waals surface area contributed by atoms with Crippen molar-refractivity contribution in [2.24, 2.45) is 5.92 Å². The zero-order valence-electron chi connectivity index (χ0n) is 15.2. The Morgan fingerprint density at radius 2 is 1.96 bits per heavy atom. The average Bonchev–Trinajstić information content (AvgIpc) is 2.67. The zero-order valence-corrected chi connectivity index (χ0v) is 15.2. The summed E-state index contributed by atoms with van der Waals surface area (Å²) in [5, 5.41) is 3.07. The lowest BCUT2D eigenvalue weighted by Crippen LogP contribution is -2.40. The standard InChI is InChI=1S/C20H29N3O2/c1-2-22-12-5-6-16(15-22)14-21-20(25)17-8-10-18(11-9-17)23-13-4-3-7-19(23)24/h8-11,16H,2-7,12-15H2,1H3,(H,21,25)/t16-/m1/s1. The van der Waals surface area contributed by atoms with Gasteiger partial charge in [-0.05, 0) is 69.0 Å². The SMILES string of the molecule is CCN1CCC[C@H](CNC(=O)c2ccc(N3CCCCC3=O)cc2)C1. The summed E-state index contributed by atoms with van der Waals surface area (Å²) < 4.78 is 0. The van der Waals surface area contributed by atoms with Crippen LogP contribution in [0.25, 0.3) is 0 Å². The van der Waals surface area contributed by atoms with Gasteiger partial charge in [0.15, 0.2) is 0 Å². The second kappa shape index (κ2) is 8.48. The molecule has 2 aliphatic heterocycles. The molecule has 1 aromatic carbocycles. The summed E-state index contributed by atoms with van der Waals surface area (Å²) >= 11 is 0. The number of benzene rings is 1. The maximum atomic E-state index is 12.4. The smallest absolute Gasteiger partial charge is 0.251 e. The number of rotatable bonds is 5. The predicted molar refractivity (Wildman–Crippen MR) is 99.8 cm³/mol. The predicted octanol–water partition coefficient (Wildman–Crippen LogP) is 2.67. The minimum Gasteiger partial charge on any atom is -0.352 e. The minimum atomic E-state index is -0.0230. The normalized spacial score (nSPS) is 22.0. The van der Waals surface area contributed by atoms with Crippen LogP contribution in [0.5, 0.6) is 0 Å². The molecule has 0 bridgehead atoms. The van der Waals surface area contributed by atoms with E-state index in [0.29, 0.717) is 17.9 Å². The number of hydrogen-bond acceptors (Lipinski definition) is 3. The number of anilines is 1. The highest BCUT2D eigenvalue weighted by Crippen LogP contribution is 2.21. The molecule has 0 unspecified atom stereocenters. The summed E-state index contributed by atoms with van der Waals surface area (Å²) in [5.74, 6) is 0.703. The van der Waals surface area contributed by atoms with Gasteiger partial charge in [0, 0.05) is 37.3 Å². The largest absolute Gasteiger partial charge is 0.352 e. The number of likely N-dealkylation sites (tertiary alicyclic amines) is 1. The molecule has 2 aliphatic rings. The van der Waals surface area contributed by atoms with Gasteiger partial charge < -0.3 is 15.1 Å². The highest BCUT2D eigenvalue weighted by atomic mass is 16.2. The van der Waals surface area contributed by atoms with Gasteiger partial charge in [0.25, 0.3) is 5.91 Å². The van der Waals surface area contributed by atoms with Crippen molar-refractivity contribution in [3.8, 4) is 0 Å². The molecular formula is C20H29N3O2. The van der Waals surface area contributed by atoms with E-state index < -0.39 is 0 Å². The maximum absolute atomic E-state index is 12.4. The molecule has 0 aromatic heterocycles. The summed E-state index contributed by atoms with van der Waals surface area (Å²) in [5.41, 5.74) is 1.56. The molecule has 0 saturated carbocycles. The Balaban J connectivity index is 1.53. The van der Waals surface area contributed by atoms with E-state index in [4.69, 9.17) is 0 Å². The van der Waals surface area contributed by atoms with E-state index in [1.807, 2.05) is 29.2 Å². The van der Waals surface area contributed by atoms with Crippen molar-refractivity contribution >= 4 is 17.5 Å². The first-order valence-electron chi connectivity index (χ1n) is 9.58. The van der Waals surface area contributed by atoms with Crippen LogP contribution in [0.4, 0.5) is 5.69 Å². The fraction of sp³-hybridized carbons (Fsp3) is 0.600. The Hall–Kier alpha value is -1.88. The lowest BCUT2D eigenvalue weighted by atomic mass is 9.98. The van der Waals surface area contributed by atoms with Crippen molar-refractivity contribution in [2.45, 2.75) is 39.0 Å². The van der Waals surface area contributed by atoms with Gasteiger partial charge in [-0.15, -0.1) is 0 Å². The van der Waals surface area contributed by atoms with E-state index in [1.54, 1.807) is 0 Å². The molecule has 2 amide bonds. The molecule has 1 aromatic rings. The van der Waals surface area contributed by atoms with Crippen molar-refractivity contribution in [1.29, 1.82) is 0 Å². The molecule has 2 fully saturated rings. The molecule has 25 heavy (non-hydrogen) atoms. The van der Waals surface area contributed by atoms with Crippen LogP contribution in [-0.2, 0) is 4.79 Å². The van der Waals surface area contributed by atoms with Crippen LogP contribution in [0.1, 0.15) is 49.4 Å². The zero-order chi connectivity index (χ0) is 17.6. The van der Waals surface area contributed by atoms with E-state index in [-0.39, 0.29) is 11.8 Å². The van der Waals surface area contributed by atoms with Gasteiger partial charge in [0.05, 0.1) is 0 Å². The van der Waals surface area contributed by atoms with E-state index in [0.717, 1.165) is 44.7 Å². The Kier molecular flexibility index (Phi) is 6.08. The highest BCUT2D eigenvalue weighted by Gasteiger charge is 2.21. The van der Waals surface area contributed by atoms with Crippen LogP contribution >= 0.6 is 0 Å². The summed E-state index contributed by atoms with van der Waals surface area (Å²) in [4.78, 5) is 28.6. The number of nitrogens with zero attached hydrogens (tertiary/aromatic N) is 2. The molecule has 5 heteroatoms. The maximum Gasteiger partial charge on any atom is 0.251 e. The molecule has 0 radical (unpaired) electrons. The molecule has 2 heterocycles. The van der Waals surface area contributed by atoms with E-state index in [2.05, 4.69) is 17.1 Å². The van der Waals surface area contributed by atoms with Gasteiger partial charge in [-0.3, -0.25) is 9.59 Å². The Labute approximate surface area is 150 Å². The Morgan fingerprint density at radius 3 is 2.68 bits per heavy atom. The van der Waals surface area contributed by atoms with Crippen molar-refractivity contribution in [3.05, 3.63) is 29.8 Å². The lowest BCUT2D eigenvalue weighted by molar-refractivity contribution is -0.119. The number of carbonyl (C=O) groups is 2. The third kappa shape index (κ3) is 4.60. The van der Waals surface area contributed by atoms with Crippen molar-refractivity contribution in [3.63, 3.8) is 0 Å². The highest BCUT2D eigenvalue weighted by molar-refractivity contribution is 5.96. The molecule has 1 atom stereocenters. The first-order chi connectivity index (χ1) is 12.2. The van der Waals surface area contributed by atoms with Crippen molar-refractivity contribution in [1.82, 2.24) is 10.2 Å². The fourth-order valence-electron chi connectivity index (χ4n) is 3.82. The molecule has 0 spiro atoms. The molecule has 136 valence electrons. The first-order valence-corrected chi connectivity index (χ1v) is 9.58. The third-order valence-corrected chi connectivity index (χ3v) is 5.37. The van der Waals surface area contributed by atoms with Crippen LogP contribution in [-0.4, -0.2) is 49.4 Å². The molecule has 5 nitrogen and oxygen atoms in total. The third-order valence-electron chi connectivity index (χ3n) is 5.37.